The van der Waals surface area contributed by atoms with Crippen LogP contribution in [0.25, 0.3) is 0 Å². The summed E-state index contributed by atoms with van der Waals surface area (Å²) >= 11 is 0. The van der Waals surface area contributed by atoms with Crippen molar-refractivity contribution >= 4 is 33.0 Å². The Hall–Kier alpha value is -3.60. The first-order chi connectivity index (χ1) is 15.4. The fourth-order valence-corrected chi connectivity index (χ4v) is 4.06. The van der Waals surface area contributed by atoms with Crippen molar-refractivity contribution in [1.82, 2.24) is 0 Å². The Morgan fingerprint density at radius 3 is 2.24 bits per heavy atom. The molecule has 2 N–H and O–H groups in total. The smallest absolute Gasteiger partial charge is 0.376 e. The first kappa shape index (κ1) is 24.1. The highest BCUT2D eigenvalue weighted by atomic mass is 32.2. The number of carbonyl (C=O) groups is 1. The van der Waals surface area contributed by atoms with Gasteiger partial charge in [0.05, 0.1) is 27.5 Å². The van der Waals surface area contributed by atoms with Crippen molar-refractivity contribution in [3.05, 3.63) is 83.7 Å². The van der Waals surface area contributed by atoms with Crippen molar-refractivity contribution in [1.29, 1.82) is 0 Å². The minimum Gasteiger partial charge on any atom is -0.376 e. The lowest BCUT2D eigenvalue weighted by Crippen LogP contribution is -2.19. The van der Waals surface area contributed by atoms with E-state index in [0.29, 0.717) is 5.69 Å². The molecule has 0 aliphatic heterocycles. The van der Waals surface area contributed by atoms with Crippen molar-refractivity contribution < 1.29 is 30.8 Å². The van der Waals surface area contributed by atoms with Crippen molar-refractivity contribution in [3.8, 4) is 0 Å². The molecule has 33 heavy (non-hydrogen) atoms. The third-order valence-corrected chi connectivity index (χ3v) is 5.94. The summed E-state index contributed by atoms with van der Waals surface area (Å²) < 4.78 is 80.6. The van der Waals surface area contributed by atoms with Crippen molar-refractivity contribution in [2.45, 2.75) is 11.1 Å². The largest absolute Gasteiger partial charge is 0.416 e. The molecule has 0 aromatic heterocycles. The maximum Gasteiger partial charge on any atom is 0.416 e. The predicted octanol–water partition coefficient (Wildman–Crippen LogP) is 4.96. The average molecular weight is 481 g/mol. The number of anilines is 3. The van der Waals surface area contributed by atoms with Crippen LogP contribution < -0.4 is 14.9 Å². The van der Waals surface area contributed by atoms with Crippen LogP contribution in [0, 0.1) is 5.82 Å². The quantitative estimate of drug-likeness (QED) is 0.488. The van der Waals surface area contributed by atoms with E-state index in [9.17, 15) is 30.8 Å². The Morgan fingerprint density at radius 2 is 1.61 bits per heavy atom. The molecule has 6 nitrogen and oxygen atoms in total. The molecule has 0 aliphatic carbocycles. The van der Waals surface area contributed by atoms with Crippen molar-refractivity contribution in [3.63, 3.8) is 0 Å². The molecular formula is C22H19F4N3O3S. The van der Waals surface area contributed by atoms with E-state index in [4.69, 9.17) is 0 Å². The summed E-state index contributed by atoms with van der Waals surface area (Å²) in [6.45, 7) is 0. The maximum absolute atomic E-state index is 13.8. The molecule has 1 amide bonds. The van der Waals surface area contributed by atoms with Crippen LogP contribution in [0.3, 0.4) is 0 Å². The molecule has 0 heterocycles. The first-order valence-electron chi connectivity index (χ1n) is 9.46. The Morgan fingerprint density at radius 1 is 0.909 bits per heavy atom. The molecule has 0 unspecified atom stereocenters. The van der Waals surface area contributed by atoms with Gasteiger partial charge in [0.1, 0.15) is 5.82 Å². The average Bonchev–Trinajstić information content (AvgIpc) is 2.74. The third-order valence-electron chi connectivity index (χ3n) is 4.58. The summed E-state index contributed by atoms with van der Waals surface area (Å²) in [4.78, 5) is 14.0. The topological polar surface area (TPSA) is 78.5 Å². The molecule has 11 heteroatoms. The van der Waals surface area contributed by atoms with Gasteiger partial charge in [0.15, 0.2) is 0 Å². The number of alkyl halides is 3. The number of hydrogen-bond donors (Lipinski definition) is 2. The van der Waals surface area contributed by atoms with Gasteiger partial charge >= 0.3 is 6.18 Å². The van der Waals surface area contributed by atoms with Gasteiger partial charge in [0.2, 0.25) is 0 Å². The Labute approximate surface area is 187 Å². The SMILES string of the molecule is CN(C)c1ccc(C(F)(F)F)cc1NC(=O)c1cccc(S(=O)(=O)Nc2ccccc2F)c1. The monoisotopic (exact) mass is 481 g/mol. The van der Waals surface area contributed by atoms with Gasteiger partial charge in [-0.1, -0.05) is 18.2 Å². The summed E-state index contributed by atoms with van der Waals surface area (Å²) in [7, 11) is -1.05. The van der Waals surface area contributed by atoms with E-state index in [1.54, 1.807) is 14.1 Å². The number of hydrogen-bond acceptors (Lipinski definition) is 4. The second-order valence-corrected chi connectivity index (χ2v) is 8.87. The lowest BCUT2D eigenvalue weighted by Gasteiger charge is -2.20. The molecule has 0 aliphatic rings. The second-order valence-electron chi connectivity index (χ2n) is 7.19. The number of nitrogens with one attached hydrogen (secondary N) is 2. The summed E-state index contributed by atoms with van der Waals surface area (Å²) in [5.74, 6) is -1.60. The zero-order chi connectivity index (χ0) is 24.4. The molecule has 0 bridgehead atoms. The summed E-state index contributed by atoms with van der Waals surface area (Å²) in [6, 6.07) is 12.9. The zero-order valence-electron chi connectivity index (χ0n) is 17.4. The highest BCUT2D eigenvalue weighted by Crippen LogP contribution is 2.35. The fourth-order valence-electron chi connectivity index (χ4n) is 2.95. The first-order valence-corrected chi connectivity index (χ1v) is 10.9. The Bertz CT molecular complexity index is 1290. The zero-order valence-corrected chi connectivity index (χ0v) is 18.3. The summed E-state index contributed by atoms with van der Waals surface area (Å²) in [6.07, 6.45) is -4.61. The van der Waals surface area contributed by atoms with Crippen LogP contribution in [0.4, 0.5) is 34.6 Å². The van der Waals surface area contributed by atoms with E-state index in [1.165, 1.54) is 47.4 Å². The molecule has 0 fully saturated rings. The molecule has 0 radical (unpaired) electrons. The highest BCUT2D eigenvalue weighted by molar-refractivity contribution is 7.92. The van der Waals surface area contributed by atoms with E-state index in [2.05, 4.69) is 10.0 Å². The number of benzene rings is 3. The van der Waals surface area contributed by atoms with Crippen molar-refractivity contribution in [2.24, 2.45) is 0 Å². The molecule has 3 rings (SSSR count). The van der Waals surface area contributed by atoms with Crippen LogP contribution in [0.1, 0.15) is 15.9 Å². The van der Waals surface area contributed by atoms with Crippen LogP contribution in [0.15, 0.2) is 71.6 Å². The molecule has 3 aromatic rings. The van der Waals surface area contributed by atoms with E-state index in [1.807, 2.05) is 0 Å². The maximum atomic E-state index is 13.8. The number of rotatable bonds is 6. The minimum atomic E-state index is -4.61. The molecule has 0 saturated heterocycles. The number of sulfonamides is 1. The van der Waals surface area contributed by atoms with Crippen LogP contribution >= 0.6 is 0 Å². The van der Waals surface area contributed by atoms with Gasteiger partial charge in [0.25, 0.3) is 15.9 Å². The van der Waals surface area contributed by atoms with Gasteiger partial charge in [0, 0.05) is 19.7 Å². The van der Waals surface area contributed by atoms with E-state index < -0.39 is 33.5 Å². The predicted molar refractivity (Wildman–Crippen MR) is 117 cm³/mol. The minimum absolute atomic E-state index is 0.0995. The number of amides is 1. The highest BCUT2D eigenvalue weighted by Gasteiger charge is 2.31. The summed E-state index contributed by atoms with van der Waals surface area (Å²) in [5, 5.41) is 2.40. The van der Waals surface area contributed by atoms with Crippen molar-refractivity contribution in [2.75, 3.05) is 29.0 Å². The Kier molecular flexibility index (Phi) is 6.63. The molecule has 0 saturated carbocycles. The molecule has 0 atom stereocenters. The summed E-state index contributed by atoms with van der Waals surface area (Å²) in [5.41, 5.74) is -1.12. The van der Waals surface area contributed by atoms with Crippen LogP contribution in [-0.4, -0.2) is 28.4 Å². The molecular weight excluding hydrogens is 462 g/mol. The lowest BCUT2D eigenvalue weighted by molar-refractivity contribution is -0.137. The van der Waals surface area contributed by atoms with E-state index in [-0.39, 0.29) is 21.8 Å². The molecule has 3 aromatic carbocycles. The molecule has 0 spiro atoms. The van der Waals surface area contributed by atoms with Gasteiger partial charge in [-0.05, 0) is 48.5 Å². The fraction of sp³-hybridized carbons (Fsp3) is 0.136. The van der Waals surface area contributed by atoms with Gasteiger partial charge in [-0.15, -0.1) is 0 Å². The third kappa shape index (κ3) is 5.61. The normalized spacial score (nSPS) is 11.7. The van der Waals surface area contributed by atoms with Gasteiger partial charge in [-0.2, -0.15) is 13.2 Å². The number of nitrogens with zero attached hydrogens (tertiary/aromatic N) is 1. The lowest BCUT2D eigenvalue weighted by atomic mass is 10.1. The van der Waals surface area contributed by atoms with Crippen LogP contribution in [0.5, 0.6) is 0 Å². The Balaban J connectivity index is 1.91. The van der Waals surface area contributed by atoms with Gasteiger partial charge in [-0.3, -0.25) is 9.52 Å². The molecule has 174 valence electrons. The van der Waals surface area contributed by atoms with Crippen LogP contribution in [-0.2, 0) is 16.2 Å². The van der Waals surface area contributed by atoms with E-state index in [0.717, 1.165) is 24.3 Å². The number of para-hydroxylation sites is 1. The second kappa shape index (κ2) is 9.10. The van der Waals surface area contributed by atoms with Gasteiger partial charge < -0.3 is 10.2 Å². The van der Waals surface area contributed by atoms with Crippen LogP contribution in [0.2, 0.25) is 0 Å². The number of carbonyl (C=O) groups excluding carboxylic acids is 1. The standard InChI is InChI=1S/C22H19F4N3O3S/c1-29(2)20-11-10-15(22(24,25)26)13-19(20)27-21(30)14-6-5-7-16(12-14)33(31,32)28-18-9-4-3-8-17(18)23/h3-13,28H,1-2H3,(H,27,30). The number of halogens is 4. The van der Waals surface area contributed by atoms with Gasteiger partial charge in [-0.25, -0.2) is 12.8 Å². The van der Waals surface area contributed by atoms with E-state index >= 15 is 0 Å².